The van der Waals surface area contributed by atoms with Crippen LogP contribution >= 0.6 is 11.6 Å². The number of para-hydroxylation sites is 1. The Kier molecular flexibility index (Phi) is 4.39. The summed E-state index contributed by atoms with van der Waals surface area (Å²) in [5, 5.41) is 18.4. The van der Waals surface area contributed by atoms with E-state index in [-0.39, 0.29) is 23.8 Å². The van der Waals surface area contributed by atoms with Gasteiger partial charge in [-0.25, -0.2) is 4.79 Å². The third kappa shape index (κ3) is 3.42. The Bertz CT molecular complexity index is 340. The number of hydrogen-bond acceptors (Lipinski definition) is 4. The summed E-state index contributed by atoms with van der Waals surface area (Å²) in [5.74, 6) is -0.839. The fraction of sp³-hybridized carbons (Fsp3) is 0.300. The highest BCUT2D eigenvalue weighted by Gasteiger charge is 2.13. The lowest BCUT2D eigenvalue weighted by Gasteiger charge is -2.08. The maximum atomic E-state index is 11.3. The highest BCUT2D eigenvalue weighted by Crippen LogP contribution is 2.16. The van der Waals surface area contributed by atoms with E-state index in [0.29, 0.717) is 0 Å². The topological polar surface area (TPSA) is 66.8 Å². The lowest BCUT2D eigenvalue weighted by atomic mass is 10.2. The number of hydrogen-bond donors (Lipinski definition) is 2. The molecule has 0 fully saturated rings. The summed E-state index contributed by atoms with van der Waals surface area (Å²) in [6.45, 7) is -0.184. The zero-order chi connectivity index (χ0) is 11.3. The van der Waals surface area contributed by atoms with Crippen molar-refractivity contribution in [2.75, 3.05) is 12.5 Å². The van der Waals surface area contributed by atoms with E-state index >= 15 is 0 Å². The summed E-state index contributed by atoms with van der Waals surface area (Å²) >= 11 is 5.32. The summed E-state index contributed by atoms with van der Waals surface area (Å²) in [6, 6.07) is 6.02. The largest absolute Gasteiger partial charge is 0.507 e. The average molecular weight is 231 g/mol. The van der Waals surface area contributed by atoms with Gasteiger partial charge in [0, 0.05) is 0 Å². The normalized spacial score (nSPS) is 12.1. The minimum absolute atomic E-state index is 0.00590. The number of phenols is 1. The second-order valence-electron chi connectivity index (χ2n) is 2.92. The molecule has 1 unspecified atom stereocenters. The van der Waals surface area contributed by atoms with E-state index in [0.717, 1.165) is 0 Å². The summed E-state index contributed by atoms with van der Waals surface area (Å²) in [4.78, 5) is 11.3. The smallest absolute Gasteiger partial charge is 0.342 e. The van der Waals surface area contributed by atoms with Crippen molar-refractivity contribution in [2.24, 2.45) is 0 Å². The van der Waals surface area contributed by atoms with Crippen molar-refractivity contribution in [1.82, 2.24) is 0 Å². The minimum Gasteiger partial charge on any atom is -0.507 e. The molecule has 2 N–H and O–H groups in total. The molecule has 0 saturated heterocycles. The molecule has 0 radical (unpaired) electrons. The minimum atomic E-state index is -0.888. The van der Waals surface area contributed by atoms with Crippen LogP contribution in [0.4, 0.5) is 0 Å². The van der Waals surface area contributed by atoms with Gasteiger partial charge in [-0.1, -0.05) is 12.1 Å². The van der Waals surface area contributed by atoms with Gasteiger partial charge in [-0.2, -0.15) is 0 Å². The first-order valence-electron chi connectivity index (χ1n) is 4.34. The second kappa shape index (κ2) is 5.58. The first-order chi connectivity index (χ1) is 7.15. The van der Waals surface area contributed by atoms with Gasteiger partial charge in [-0.15, -0.1) is 11.6 Å². The average Bonchev–Trinajstić information content (AvgIpc) is 2.26. The highest BCUT2D eigenvalue weighted by atomic mass is 35.5. The van der Waals surface area contributed by atoms with E-state index in [1.54, 1.807) is 12.1 Å². The molecule has 0 bridgehead atoms. The Morgan fingerprint density at radius 1 is 1.47 bits per heavy atom. The summed E-state index contributed by atoms with van der Waals surface area (Å²) < 4.78 is 4.73. The number of benzene rings is 1. The Labute approximate surface area is 92.1 Å². The van der Waals surface area contributed by atoms with Gasteiger partial charge in [0.05, 0.1) is 5.88 Å². The maximum absolute atomic E-state index is 11.3. The summed E-state index contributed by atoms with van der Waals surface area (Å²) in [7, 11) is 0. The van der Waals surface area contributed by atoms with E-state index in [9.17, 15) is 9.90 Å². The van der Waals surface area contributed by atoms with Crippen LogP contribution in [-0.2, 0) is 4.74 Å². The van der Waals surface area contributed by atoms with Crippen LogP contribution in [0.15, 0.2) is 24.3 Å². The molecular weight excluding hydrogens is 220 g/mol. The van der Waals surface area contributed by atoms with Crippen molar-refractivity contribution in [3.63, 3.8) is 0 Å². The number of alkyl halides is 1. The van der Waals surface area contributed by atoms with E-state index in [1.165, 1.54) is 12.1 Å². The lowest BCUT2D eigenvalue weighted by molar-refractivity contribution is 0.0300. The second-order valence-corrected chi connectivity index (χ2v) is 3.23. The molecule has 0 aliphatic heterocycles. The van der Waals surface area contributed by atoms with Crippen LogP contribution in [0.3, 0.4) is 0 Å². The van der Waals surface area contributed by atoms with Crippen molar-refractivity contribution in [3.05, 3.63) is 29.8 Å². The highest BCUT2D eigenvalue weighted by molar-refractivity contribution is 6.18. The predicted molar refractivity (Wildman–Crippen MR) is 55.1 cm³/mol. The van der Waals surface area contributed by atoms with Crippen LogP contribution in [0.5, 0.6) is 5.75 Å². The molecule has 0 aromatic heterocycles. The molecule has 4 nitrogen and oxygen atoms in total. The van der Waals surface area contributed by atoms with Crippen molar-refractivity contribution < 1.29 is 19.7 Å². The number of carbonyl (C=O) groups excluding carboxylic acids is 1. The van der Waals surface area contributed by atoms with Gasteiger partial charge in [0.25, 0.3) is 0 Å². The molecule has 1 aromatic rings. The first kappa shape index (κ1) is 11.8. The van der Waals surface area contributed by atoms with Crippen LogP contribution in [0.1, 0.15) is 10.4 Å². The molecule has 0 saturated carbocycles. The van der Waals surface area contributed by atoms with Gasteiger partial charge in [0.15, 0.2) is 0 Å². The van der Waals surface area contributed by atoms with Crippen LogP contribution in [0.2, 0.25) is 0 Å². The van der Waals surface area contributed by atoms with Crippen molar-refractivity contribution >= 4 is 17.6 Å². The lowest BCUT2D eigenvalue weighted by Crippen LogP contribution is -2.19. The van der Waals surface area contributed by atoms with Gasteiger partial charge < -0.3 is 14.9 Å². The number of aromatic hydroxyl groups is 1. The molecule has 15 heavy (non-hydrogen) atoms. The third-order valence-electron chi connectivity index (χ3n) is 1.71. The van der Waals surface area contributed by atoms with Crippen molar-refractivity contribution in [3.8, 4) is 5.75 Å². The molecule has 0 aliphatic carbocycles. The van der Waals surface area contributed by atoms with Crippen LogP contribution in [-0.4, -0.2) is 34.8 Å². The fourth-order valence-corrected chi connectivity index (χ4v) is 1.03. The van der Waals surface area contributed by atoms with Crippen molar-refractivity contribution in [1.29, 1.82) is 0 Å². The zero-order valence-corrected chi connectivity index (χ0v) is 8.65. The third-order valence-corrected chi connectivity index (χ3v) is 2.07. The van der Waals surface area contributed by atoms with E-state index in [2.05, 4.69) is 0 Å². The number of aliphatic hydroxyl groups excluding tert-OH is 1. The molecule has 1 atom stereocenters. The van der Waals surface area contributed by atoms with Gasteiger partial charge in [0.1, 0.15) is 24.0 Å². The quantitative estimate of drug-likeness (QED) is 0.602. The molecular formula is C10H11ClO4. The first-order valence-corrected chi connectivity index (χ1v) is 4.87. The SMILES string of the molecule is O=C(OCC(O)CCl)c1ccccc1O. The van der Waals surface area contributed by atoms with Gasteiger partial charge in [-0.05, 0) is 12.1 Å². The van der Waals surface area contributed by atoms with E-state index < -0.39 is 12.1 Å². The Morgan fingerprint density at radius 2 is 2.13 bits per heavy atom. The number of ether oxygens (including phenoxy) is 1. The molecule has 1 rings (SSSR count). The van der Waals surface area contributed by atoms with Gasteiger partial charge in [0.2, 0.25) is 0 Å². The Morgan fingerprint density at radius 3 is 2.73 bits per heavy atom. The molecule has 0 spiro atoms. The molecule has 0 amide bonds. The van der Waals surface area contributed by atoms with Crippen molar-refractivity contribution in [2.45, 2.75) is 6.10 Å². The predicted octanol–water partition coefficient (Wildman–Crippen LogP) is 1.15. The molecule has 1 aromatic carbocycles. The molecule has 5 heteroatoms. The fourth-order valence-electron chi connectivity index (χ4n) is 0.940. The zero-order valence-electron chi connectivity index (χ0n) is 7.89. The van der Waals surface area contributed by atoms with E-state index in [1.807, 2.05) is 0 Å². The maximum Gasteiger partial charge on any atom is 0.342 e. The Balaban J connectivity index is 2.58. The molecule has 82 valence electrons. The van der Waals surface area contributed by atoms with Crippen LogP contribution < -0.4 is 0 Å². The van der Waals surface area contributed by atoms with Crippen LogP contribution in [0.25, 0.3) is 0 Å². The number of esters is 1. The van der Waals surface area contributed by atoms with Gasteiger partial charge in [-0.3, -0.25) is 0 Å². The summed E-state index contributed by atoms with van der Waals surface area (Å²) in [6.07, 6.45) is -0.888. The monoisotopic (exact) mass is 230 g/mol. The molecule has 0 aliphatic rings. The number of rotatable bonds is 4. The number of phenolic OH excluding ortho intramolecular Hbond substituents is 1. The number of aliphatic hydroxyl groups is 1. The Hall–Kier alpha value is -1.26. The van der Waals surface area contributed by atoms with E-state index in [4.69, 9.17) is 21.4 Å². The molecule has 0 heterocycles. The summed E-state index contributed by atoms with van der Waals surface area (Å²) in [5.41, 5.74) is 0.0688. The van der Waals surface area contributed by atoms with Crippen LogP contribution in [0, 0.1) is 0 Å². The van der Waals surface area contributed by atoms with Gasteiger partial charge >= 0.3 is 5.97 Å². The number of carbonyl (C=O) groups is 1. The standard InChI is InChI=1S/C10H11ClO4/c11-5-7(12)6-15-10(14)8-3-1-2-4-9(8)13/h1-4,7,12-13H,5-6H2. The number of halogens is 1.